The summed E-state index contributed by atoms with van der Waals surface area (Å²) in [5.41, 5.74) is 2.10. The number of nitrogens with zero attached hydrogens (tertiary/aromatic N) is 5. The van der Waals surface area contributed by atoms with Gasteiger partial charge in [0.1, 0.15) is 5.82 Å². The molecule has 0 aliphatic carbocycles. The van der Waals surface area contributed by atoms with Gasteiger partial charge in [0.25, 0.3) is 0 Å². The maximum atomic E-state index is 12.6. The molecule has 0 atom stereocenters. The molecular formula is C20H23N5O. The van der Waals surface area contributed by atoms with Gasteiger partial charge in [0, 0.05) is 31.9 Å². The molecule has 6 nitrogen and oxygen atoms in total. The van der Waals surface area contributed by atoms with E-state index in [-0.39, 0.29) is 5.69 Å². The Morgan fingerprint density at radius 2 is 1.73 bits per heavy atom. The van der Waals surface area contributed by atoms with Crippen LogP contribution in [0, 0.1) is 0 Å². The Morgan fingerprint density at radius 1 is 1.04 bits per heavy atom. The Labute approximate surface area is 152 Å². The number of aryl methyl sites for hydroxylation is 1. The molecule has 1 aliphatic rings. The fraction of sp³-hybridized carbons (Fsp3) is 0.350. The maximum Gasteiger partial charge on any atom is 0.350 e. The minimum Gasteiger partial charge on any atom is -0.299 e. The molecule has 6 heteroatoms. The van der Waals surface area contributed by atoms with Crippen molar-refractivity contribution >= 4 is 0 Å². The summed E-state index contributed by atoms with van der Waals surface area (Å²) in [5.74, 6) is 1.19. The van der Waals surface area contributed by atoms with Crippen LogP contribution >= 0.6 is 0 Å². The van der Waals surface area contributed by atoms with Crippen LogP contribution in [0.2, 0.25) is 0 Å². The van der Waals surface area contributed by atoms with Crippen molar-refractivity contribution in [3.63, 3.8) is 0 Å². The Hall–Kier alpha value is -2.73. The van der Waals surface area contributed by atoms with Crippen LogP contribution in [-0.2, 0) is 13.6 Å². The molecular weight excluding hydrogens is 326 g/mol. The summed E-state index contributed by atoms with van der Waals surface area (Å²) in [4.78, 5) is 19.1. The molecule has 3 aromatic rings. The van der Waals surface area contributed by atoms with E-state index in [4.69, 9.17) is 0 Å². The fourth-order valence-electron chi connectivity index (χ4n) is 3.66. The molecule has 0 spiro atoms. The molecule has 0 unspecified atom stereocenters. The molecule has 0 saturated carbocycles. The lowest BCUT2D eigenvalue weighted by Gasteiger charge is -2.31. The second kappa shape index (κ2) is 7.25. The highest BCUT2D eigenvalue weighted by atomic mass is 16.2. The number of benzene rings is 1. The van der Waals surface area contributed by atoms with Gasteiger partial charge >= 0.3 is 5.69 Å². The average molecular weight is 349 g/mol. The van der Waals surface area contributed by atoms with Crippen LogP contribution in [0.3, 0.4) is 0 Å². The minimum atomic E-state index is -0.0783. The number of para-hydroxylation sites is 1. The smallest absolute Gasteiger partial charge is 0.299 e. The number of rotatable bonds is 4. The van der Waals surface area contributed by atoms with Gasteiger partial charge in [0.2, 0.25) is 0 Å². The van der Waals surface area contributed by atoms with Gasteiger partial charge in [0.15, 0.2) is 0 Å². The predicted octanol–water partition coefficient (Wildman–Crippen LogP) is 2.35. The van der Waals surface area contributed by atoms with Gasteiger partial charge in [-0.15, -0.1) is 0 Å². The highest BCUT2D eigenvalue weighted by Crippen LogP contribution is 2.28. The predicted molar refractivity (Wildman–Crippen MR) is 100 cm³/mol. The molecule has 26 heavy (non-hydrogen) atoms. The van der Waals surface area contributed by atoms with E-state index in [2.05, 4.69) is 27.1 Å². The first-order valence-electron chi connectivity index (χ1n) is 9.05. The van der Waals surface area contributed by atoms with Crippen LogP contribution in [0.1, 0.15) is 30.1 Å². The molecule has 0 N–H and O–H groups in total. The Bertz CT molecular complexity index is 908. The van der Waals surface area contributed by atoms with Gasteiger partial charge in [-0.25, -0.2) is 14.0 Å². The summed E-state index contributed by atoms with van der Waals surface area (Å²) in [6, 6.07) is 13.9. The third kappa shape index (κ3) is 3.32. The zero-order valence-electron chi connectivity index (χ0n) is 15.0. The number of hydrogen-bond acceptors (Lipinski definition) is 4. The van der Waals surface area contributed by atoms with Crippen molar-refractivity contribution in [3.8, 4) is 5.69 Å². The molecule has 134 valence electrons. The molecule has 0 radical (unpaired) electrons. The van der Waals surface area contributed by atoms with Gasteiger partial charge < -0.3 is 0 Å². The zero-order valence-corrected chi connectivity index (χ0v) is 15.0. The van der Waals surface area contributed by atoms with Crippen molar-refractivity contribution in [1.29, 1.82) is 0 Å². The number of hydrogen-bond donors (Lipinski definition) is 0. The van der Waals surface area contributed by atoms with Crippen molar-refractivity contribution in [2.24, 2.45) is 7.05 Å². The van der Waals surface area contributed by atoms with Gasteiger partial charge in [0.05, 0.1) is 5.69 Å². The van der Waals surface area contributed by atoms with E-state index in [1.807, 2.05) is 42.7 Å². The highest BCUT2D eigenvalue weighted by molar-refractivity contribution is 5.33. The van der Waals surface area contributed by atoms with Crippen LogP contribution in [-0.4, -0.2) is 37.3 Å². The summed E-state index contributed by atoms with van der Waals surface area (Å²) >= 11 is 0. The van der Waals surface area contributed by atoms with Gasteiger partial charge in [-0.2, -0.15) is 5.10 Å². The number of pyridine rings is 1. The lowest BCUT2D eigenvalue weighted by molar-refractivity contribution is 0.201. The molecule has 0 bridgehead atoms. The summed E-state index contributed by atoms with van der Waals surface area (Å²) in [7, 11) is 1.73. The average Bonchev–Trinajstić information content (AvgIpc) is 2.99. The minimum absolute atomic E-state index is 0.0783. The van der Waals surface area contributed by atoms with E-state index in [9.17, 15) is 4.79 Å². The molecule has 1 saturated heterocycles. The second-order valence-electron chi connectivity index (χ2n) is 6.84. The zero-order chi connectivity index (χ0) is 17.9. The van der Waals surface area contributed by atoms with Crippen LogP contribution in [0.5, 0.6) is 0 Å². The van der Waals surface area contributed by atoms with E-state index < -0.39 is 0 Å². The third-order valence-corrected chi connectivity index (χ3v) is 5.07. The Morgan fingerprint density at radius 3 is 2.42 bits per heavy atom. The van der Waals surface area contributed by atoms with E-state index in [1.54, 1.807) is 11.6 Å². The van der Waals surface area contributed by atoms with Crippen molar-refractivity contribution in [3.05, 3.63) is 76.7 Å². The largest absolute Gasteiger partial charge is 0.350 e. The summed E-state index contributed by atoms with van der Waals surface area (Å²) in [6.07, 6.45) is 5.70. The number of aromatic nitrogens is 4. The molecule has 1 aliphatic heterocycles. The van der Waals surface area contributed by atoms with Gasteiger partial charge in [-0.05, 0) is 55.8 Å². The molecule has 3 heterocycles. The second-order valence-corrected chi connectivity index (χ2v) is 6.84. The fourth-order valence-corrected chi connectivity index (χ4v) is 3.66. The standard InChI is InChI=1S/C20H23N5O/c1-23-20(26)25(18-5-3-2-4-6-18)19(22-23)17-9-13-24(14-10-17)15-16-7-11-21-12-8-16/h2-8,11-12,17H,9-10,13-15H2,1H3. The van der Waals surface area contributed by atoms with E-state index in [0.29, 0.717) is 5.92 Å². The normalized spacial score (nSPS) is 16.0. The van der Waals surface area contributed by atoms with Crippen molar-refractivity contribution in [1.82, 2.24) is 24.2 Å². The van der Waals surface area contributed by atoms with Gasteiger partial charge in [-0.1, -0.05) is 18.2 Å². The number of piperidine rings is 1. The molecule has 1 aromatic carbocycles. The van der Waals surface area contributed by atoms with Crippen molar-refractivity contribution in [2.75, 3.05) is 13.1 Å². The van der Waals surface area contributed by atoms with Crippen molar-refractivity contribution in [2.45, 2.75) is 25.3 Å². The Kier molecular flexibility index (Phi) is 4.67. The quantitative estimate of drug-likeness (QED) is 0.725. The van der Waals surface area contributed by atoms with E-state index >= 15 is 0 Å². The molecule has 4 rings (SSSR count). The first-order valence-corrected chi connectivity index (χ1v) is 9.05. The summed E-state index contributed by atoms with van der Waals surface area (Å²) < 4.78 is 3.22. The van der Waals surface area contributed by atoms with E-state index in [0.717, 1.165) is 44.0 Å². The lowest BCUT2D eigenvalue weighted by atomic mass is 9.95. The van der Waals surface area contributed by atoms with Crippen molar-refractivity contribution < 1.29 is 0 Å². The first-order chi connectivity index (χ1) is 12.7. The monoisotopic (exact) mass is 349 g/mol. The molecule has 2 aromatic heterocycles. The van der Waals surface area contributed by atoms with Crippen LogP contribution in [0.15, 0.2) is 59.7 Å². The summed E-state index contributed by atoms with van der Waals surface area (Å²) in [5, 5.41) is 4.56. The lowest BCUT2D eigenvalue weighted by Crippen LogP contribution is -2.33. The highest BCUT2D eigenvalue weighted by Gasteiger charge is 2.26. The molecule has 0 amide bonds. The Balaban J connectivity index is 1.52. The molecule has 1 fully saturated rings. The van der Waals surface area contributed by atoms with Crippen LogP contribution in [0.25, 0.3) is 5.69 Å². The topological polar surface area (TPSA) is 56.0 Å². The van der Waals surface area contributed by atoms with Crippen LogP contribution < -0.4 is 5.69 Å². The maximum absolute atomic E-state index is 12.6. The van der Waals surface area contributed by atoms with E-state index in [1.165, 1.54) is 10.2 Å². The number of likely N-dealkylation sites (tertiary alicyclic amines) is 1. The third-order valence-electron chi connectivity index (χ3n) is 5.07. The van der Waals surface area contributed by atoms with Gasteiger partial charge in [-0.3, -0.25) is 9.88 Å². The summed E-state index contributed by atoms with van der Waals surface area (Å²) in [6.45, 7) is 2.96. The SMILES string of the molecule is Cn1nc(C2CCN(Cc3ccncc3)CC2)n(-c2ccccc2)c1=O. The first kappa shape index (κ1) is 16.7. The van der Waals surface area contributed by atoms with Crippen LogP contribution in [0.4, 0.5) is 0 Å².